The van der Waals surface area contributed by atoms with E-state index in [1.165, 1.54) is 0 Å². The van der Waals surface area contributed by atoms with Crippen LogP contribution >= 0.6 is 0 Å². The van der Waals surface area contributed by atoms with E-state index in [0.29, 0.717) is 5.92 Å². The number of carbonyl (C=O) groups excluding carboxylic acids is 1. The third-order valence-corrected chi connectivity index (χ3v) is 2.31. The summed E-state index contributed by atoms with van der Waals surface area (Å²) >= 11 is 0. The molecular formula is C9H17NO3. The Hall–Kier alpha value is -0.610. The molecule has 1 aliphatic heterocycles. The molecule has 1 fully saturated rings. The standard InChI is InChI=1S/C9H17NO3/c1-12-6-8-3-4-10(5-8)9(11)7-13-2/h8H,3-7H2,1-2H3. The van der Waals surface area contributed by atoms with Crippen LogP contribution in [-0.4, -0.2) is 51.3 Å². The quantitative estimate of drug-likeness (QED) is 0.628. The molecule has 1 amide bonds. The van der Waals surface area contributed by atoms with Gasteiger partial charge in [-0.25, -0.2) is 0 Å². The monoisotopic (exact) mass is 187 g/mol. The summed E-state index contributed by atoms with van der Waals surface area (Å²) in [4.78, 5) is 13.2. The molecule has 0 saturated carbocycles. The maximum Gasteiger partial charge on any atom is 0.248 e. The molecule has 0 aromatic carbocycles. The van der Waals surface area contributed by atoms with Gasteiger partial charge in [0.25, 0.3) is 0 Å². The number of carbonyl (C=O) groups is 1. The van der Waals surface area contributed by atoms with Crippen molar-refractivity contribution in [3.8, 4) is 0 Å². The third kappa shape index (κ3) is 2.97. The molecule has 0 N–H and O–H groups in total. The molecule has 76 valence electrons. The number of amides is 1. The van der Waals surface area contributed by atoms with Crippen molar-refractivity contribution in [1.29, 1.82) is 0 Å². The summed E-state index contributed by atoms with van der Waals surface area (Å²) in [5, 5.41) is 0. The molecule has 0 spiro atoms. The number of hydrogen-bond acceptors (Lipinski definition) is 3. The van der Waals surface area contributed by atoms with E-state index >= 15 is 0 Å². The number of methoxy groups -OCH3 is 2. The lowest BCUT2D eigenvalue weighted by Gasteiger charge is -2.15. The topological polar surface area (TPSA) is 38.8 Å². The maximum atomic E-state index is 11.4. The molecule has 1 saturated heterocycles. The number of likely N-dealkylation sites (tertiary alicyclic amines) is 1. The molecule has 1 aliphatic rings. The Balaban J connectivity index is 2.27. The molecule has 0 aliphatic carbocycles. The highest BCUT2D eigenvalue weighted by atomic mass is 16.5. The summed E-state index contributed by atoms with van der Waals surface area (Å²) in [7, 11) is 3.24. The van der Waals surface area contributed by atoms with E-state index in [1.54, 1.807) is 14.2 Å². The van der Waals surface area contributed by atoms with Crippen LogP contribution in [0.5, 0.6) is 0 Å². The fraction of sp³-hybridized carbons (Fsp3) is 0.889. The van der Waals surface area contributed by atoms with Gasteiger partial charge in [-0.2, -0.15) is 0 Å². The van der Waals surface area contributed by atoms with Crippen LogP contribution in [0.2, 0.25) is 0 Å². The normalized spacial score (nSPS) is 22.3. The van der Waals surface area contributed by atoms with Gasteiger partial charge in [0.15, 0.2) is 0 Å². The fourth-order valence-electron chi connectivity index (χ4n) is 1.65. The number of nitrogens with zero attached hydrogens (tertiary/aromatic N) is 1. The van der Waals surface area contributed by atoms with Gasteiger partial charge in [-0.3, -0.25) is 4.79 Å². The molecule has 13 heavy (non-hydrogen) atoms. The van der Waals surface area contributed by atoms with Gasteiger partial charge in [-0.1, -0.05) is 0 Å². The molecule has 1 unspecified atom stereocenters. The molecular weight excluding hydrogens is 170 g/mol. The maximum absolute atomic E-state index is 11.4. The Morgan fingerprint density at radius 3 is 2.85 bits per heavy atom. The molecule has 4 nitrogen and oxygen atoms in total. The van der Waals surface area contributed by atoms with E-state index in [4.69, 9.17) is 9.47 Å². The lowest BCUT2D eigenvalue weighted by atomic mass is 10.1. The summed E-state index contributed by atoms with van der Waals surface area (Å²) in [5.74, 6) is 0.590. The highest BCUT2D eigenvalue weighted by Crippen LogP contribution is 2.16. The van der Waals surface area contributed by atoms with Crippen LogP contribution < -0.4 is 0 Å². The van der Waals surface area contributed by atoms with Crippen molar-refractivity contribution in [1.82, 2.24) is 4.90 Å². The molecule has 1 atom stereocenters. The van der Waals surface area contributed by atoms with Gasteiger partial charge in [-0.05, 0) is 6.42 Å². The first-order valence-electron chi connectivity index (χ1n) is 4.53. The van der Waals surface area contributed by atoms with Gasteiger partial charge in [0.05, 0.1) is 6.61 Å². The summed E-state index contributed by atoms with van der Waals surface area (Å²) in [6, 6.07) is 0. The van der Waals surface area contributed by atoms with Crippen LogP contribution in [0.1, 0.15) is 6.42 Å². The van der Waals surface area contributed by atoms with Gasteiger partial charge in [-0.15, -0.1) is 0 Å². The van der Waals surface area contributed by atoms with Crippen LogP contribution in [0.4, 0.5) is 0 Å². The van der Waals surface area contributed by atoms with Crippen molar-refractivity contribution < 1.29 is 14.3 Å². The minimum absolute atomic E-state index is 0.0844. The minimum Gasteiger partial charge on any atom is -0.384 e. The lowest BCUT2D eigenvalue weighted by Crippen LogP contribution is -2.32. The molecule has 0 aromatic heterocycles. The van der Waals surface area contributed by atoms with Crippen LogP contribution in [-0.2, 0) is 14.3 Å². The van der Waals surface area contributed by atoms with E-state index in [1.807, 2.05) is 4.90 Å². The highest BCUT2D eigenvalue weighted by molar-refractivity contribution is 5.77. The van der Waals surface area contributed by atoms with E-state index < -0.39 is 0 Å². The van der Waals surface area contributed by atoms with E-state index in [9.17, 15) is 4.79 Å². The van der Waals surface area contributed by atoms with Crippen molar-refractivity contribution in [2.75, 3.05) is 40.5 Å². The van der Waals surface area contributed by atoms with Gasteiger partial charge < -0.3 is 14.4 Å². The molecule has 1 heterocycles. The molecule has 0 radical (unpaired) electrons. The Morgan fingerprint density at radius 2 is 2.23 bits per heavy atom. The second-order valence-electron chi connectivity index (χ2n) is 3.38. The fourth-order valence-corrected chi connectivity index (χ4v) is 1.65. The average molecular weight is 187 g/mol. The third-order valence-electron chi connectivity index (χ3n) is 2.31. The number of ether oxygens (including phenoxy) is 2. The van der Waals surface area contributed by atoms with Crippen molar-refractivity contribution in [3.63, 3.8) is 0 Å². The van der Waals surface area contributed by atoms with Crippen molar-refractivity contribution in [3.05, 3.63) is 0 Å². The van der Waals surface area contributed by atoms with Gasteiger partial charge in [0.1, 0.15) is 6.61 Å². The molecule has 4 heteroatoms. The molecule has 1 rings (SSSR count). The Bertz CT molecular complexity index is 172. The number of rotatable bonds is 4. The van der Waals surface area contributed by atoms with E-state index in [-0.39, 0.29) is 12.5 Å². The zero-order valence-corrected chi connectivity index (χ0v) is 8.28. The second-order valence-corrected chi connectivity index (χ2v) is 3.38. The summed E-state index contributed by atoms with van der Waals surface area (Å²) < 4.78 is 9.83. The SMILES string of the molecule is COCC(=O)N1CCC(COC)C1. The first-order valence-corrected chi connectivity index (χ1v) is 4.53. The number of hydrogen-bond donors (Lipinski definition) is 0. The summed E-state index contributed by atoms with van der Waals surface area (Å²) in [6.45, 7) is 2.60. The van der Waals surface area contributed by atoms with Gasteiger partial charge >= 0.3 is 0 Å². The predicted molar refractivity (Wildman–Crippen MR) is 48.4 cm³/mol. The first-order chi connectivity index (χ1) is 6.27. The van der Waals surface area contributed by atoms with Crippen LogP contribution in [0, 0.1) is 5.92 Å². The minimum atomic E-state index is 0.0844. The van der Waals surface area contributed by atoms with Crippen LogP contribution in [0.15, 0.2) is 0 Å². The lowest BCUT2D eigenvalue weighted by molar-refractivity contribution is -0.134. The Morgan fingerprint density at radius 1 is 1.46 bits per heavy atom. The Kier molecular flexibility index (Phi) is 4.18. The zero-order valence-electron chi connectivity index (χ0n) is 8.28. The molecule has 0 aromatic rings. The van der Waals surface area contributed by atoms with Crippen LogP contribution in [0.25, 0.3) is 0 Å². The van der Waals surface area contributed by atoms with Gasteiger partial charge in [0.2, 0.25) is 5.91 Å². The first kappa shape index (κ1) is 10.5. The van der Waals surface area contributed by atoms with Crippen LogP contribution in [0.3, 0.4) is 0 Å². The predicted octanol–water partition coefficient (Wildman–Crippen LogP) is 0.128. The smallest absolute Gasteiger partial charge is 0.248 e. The Labute approximate surface area is 78.8 Å². The average Bonchev–Trinajstić information content (AvgIpc) is 2.54. The van der Waals surface area contributed by atoms with Crippen molar-refractivity contribution in [2.24, 2.45) is 5.92 Å². The van der Waals surface area contributed by atoms with Crippen molar-refractivity contribution >= 4 is 5.91 Å². The van der Waals surface area contributed by atoms with E-state index in [0.717, 1.165) is 26.1 Å². The van der Waals surface area contributed by atoms with Gasteiger partial charge in [0, 0.05) is 33.2 Å². The highest BCUT2D eigenvalue weighted by Gasteiger charge is 2.25. The van der Waals surface area contributed by atoms with E-state index in [2.05, 4.69) is 0 Å². The second kappa shape index (κ2) is 5.19. The largest absolute Gasteiger partial charge is 0.384 e. The zero-order chi connectivity index (χ0) is 9.68. The molecule has 0 bridgehead atoms. The van der Waals surface area contributed by atoms with Crippen molar-refractivity contribution in [2.45, 2.75) is 6.42 Å². The summed E-state index contributed by atoms with van der Waals surface area (Å²) in [6.07, 6.45) is 1.04. The summed E-state index contributed by atoms with van der Waals surface area (Å²) in [5.41, 5.74) is 0.